The van der Waals surface area contributed by atoms with Crippen LogP contribution in [-0.2, 0) is 6.54 Å². The zero-order valence-electron chi connectivity index (χ0n) is 17.5. The number of benzene rings is 2. The first-order chi connectivity index (χ1) is 13.5. The molecule has 2 N–H and O–H groups in total. The number of nitrogens with zero attached hydrogens (tertiary/aromatic N) is 2. The van der Waals surface area contributed by atoms with Crippen LogP contribution >= 0.6 is 24.0 Å². The first-order valence-electron chi connectivity index (χ1n) is 9.05. The van der Waals surface area contributed by atoms with Gasteiger partial charge in [0.25, 0.3) is 0 Å². The molecule has 0 radical (unpaired) electrons. The van der Waals surface area contributed by atoms with E-state index >= 15 is 0 Å². The lowest BCUT2D eigenvalue weighted by molar-refractivity contribution is 0.298. The second-order valence-corrected chi connectivity index (χ2v) is 6.53. The zero-order chi connectivity index (χ0) is 20.5. The summed E-state index contributed by atoms with van der Waals surface area (Å²) in [6.45, 7) is 1.22. The molecule has 8 heteroatoms. The molecule has 0 heterocycles. The molecule has 0 aliphatic rings. The summed E-state index contributed by atoms with van der Waals surface area (Å²) in [5.41, 5.74) is 2.08. The minimum Gasteiger partial charge on any atom is -0.493 e. The number of guanidine groups is 1. The first-order valence-corrected chi connectivity index (χ1v) is 9.05. The van der Waals surface area contributed by atoms with Crippen molar-refractivity contribution >= 4 is 29.9 Å². The molecule has 160 valence electrons. The molecule has 0 aliphatic heterocycles. The van der Waals surface area contributed by atoms with Crippen LogP contribution in [-0.4, -0.2) is 52.8 Å². The van der Waals surface area contributed by atoms with Crippen molar-refractivity contribution in [2.45, 2.75) is 12.6 Å². The predicted octanol–water partition coefficient (Wildman–Crippen LogP) is 3.43. The smallest absolute Gasteiger partial charge is 0.191 e. The van der Waals surface area contributed by atoms with E-state index in [9.17, 15) is 4.39 Å². The Hall–Kier alpha value is -2.07. The molecule has 2 aromatic carbocycles. The molecule has 29 heavy (non-hydrogen) atoms. The summed E-state index contributed by atoms with van der Waals surface area (Å²) in [6, 6.07) is 12.4. The Kier molecular flexibility index (Phi) is 10.7. The molecule has 0 saturated heterocycles. The van der Waals surface area contributed by atoms with Gasteiger partial charge in [0.15, 0.2) is 17.5 Å². The lowest BCUT2D eigenvalue weighted by Crippen LogP contribution is -2.41. The van der Waals surface area contributed by atoms with E-state index in [0.29, 0.717) is 30.5 Å². The Morgan fingerprint density at radius 3 is 2.24 bits per heavy atom. The third-order valence-corrected chi connectivity index (χ3v) is 4.47. The maximum absolute atomic E-state index is 13.2. The molecular weight excluding hydrogens is 486 g/mol. The average molecular weight is 516 g/mol. The number of likely N-dealkylation sites (N-methyl/N-ethyl adjacent to an activating group) is 1. The van der Waals surface area contributed by atoms with Crippen molar-refractivity contribution in [3.05, 3.63) is 59.4 Å². The Morgan fingerprint density at radius 2 is 1.69 bits per heavy atom. The molecule has 0 bridgehead atoms. The molecule has 2 aromatic rings. The van der Waals surface area contributed by atoms with Gasteiger partial charge in [-0.3, -0.25) is 4.99 Å². The average Bonchev–Trinajstić information content (AvgIpc) is 2.71. The molecule has 2 rings (SSSR count). The predicted molar refractivity (Wildman–Crippen MR) is 126 cm³/mol. The quantitative estimate of drug-likeness (QED) is 0.320. The molecule has 6 nitrogen and oxygen atoms in total. The molecule has 1 unspecified atom stereocenters. The fourth-order valence-corrected chi connectivity index (χ4v) is 2.87. The Morgan fingerprint density at radius 1 is 1.03 bits per heavy atom. The van der Waals surface area contributed by atoms with E-state index in [0.717, 1.165) is 11.1 Å². The van der Waals surface area contributed by atoms with E-state index in [2.05, 4.69) is 20.5 Å². The van der Waals surface area contributed by atoms with Crippen LogP contribution in [0.15, 0.2) is 47.5 Å². The number of nitrogens with one attached hydrogen (secondary N) is 2. The number of hydrogen-bond acceptors (Lipinski definition) is 4. The first kappa shape index (κ1) is 25.0. The van der Waals surface area contributed by atoms with Crippen molar-refractivity contribution in [3.8, 4) is 11.5 Å². The van der Waals surface area contributed by atoms with Crippen LogP contribution in [0.5, 0.6) is 11.5 Å². The van der Waals surface area contributed by atoms with Crippen LogP contribution in [0, 0.1) is 5.82 Å². The number of aliphatic imine (C=N–C) groups is 1. The standard InChI is InChI=1S/C21H29FN4O2.HI/c1-23-21(24-13-15-6-11-19(27-4)20(12-15)28-5)25-14-18(26(2)3)16-7-9-17(22)10-8-16;/h6-12,18H,13-14H2,1-5H3,(H2,23,24,25);1H. The third-order valence-electron chi connectivity index (χ3n) is 4.47. The van der Waals surface area contributed by atoms with Gasteiger partial charge < -0.3 is 25.0 Å². The molecule has 0 aromatic heterocycles. The van der Waals surface area contributed by atoms with Crippen LogP contribution in [0.2, 0.25) is 0 Å². The summed E-state index contributed by atoms with van der Waals surface area (Å²) in [5.74, 6) is 1.83. The minimum atomic E-state index is -0.235. The molecule has 0 fully saturated rings. The topological polar surface area (TPSA) is 58.1 Å². The van der Waals surface area contributed by atoms with E-state index < -0.39 is 0 Å². The lowest BCUT2D eigenvalue weighted by atomic mass is 10.1. The van der Waals surface area contributed by atoms with E-state index in [1.807, 2.05) is 44.4 Å². The fraction of sp³-hybridized carbons (Fsp3) is 0.381. The second-order valence-electron chi connectivity index (χ2n) is 6.53. The molecule has 0 aliphatic carbocycles. The van der Waals surface area contributed by atoms with Gasteiger partial charge in [-0.2, -0.15) is 0 Å². The van der Waals surface area contributed by atoms with Crippen molar-refractivity contribution in [2.24, 2.45) is 4.99 Å². The van der Waals surface area contributed by atoms with Crippen LogP contribution < -0.4 is 20.1 Å². The summed E-state index contributed by atoms with van der Waals surface area (Å²) >= 11 is 0. The van der Waals surface area contributed by atoms with Gasteiger partial charge in [-0.25, -0.2) is 4.39 Å². The third kappa shape index (κ3) is 7.36. The molecule has 1 atom stereocenters. The van der Waals surface area contributed by atoms with Gasteiger partial charge in [0.1, 0.15) is 5.82 Å². The van der Waals surface area contributed by atoms with Gasteiger partial charge in [0.05, 0.1) is 20.3 Å². The largest absolute Gasteiger partial charge is 0.493 e. The number of hydrogen-bond donors (Lipinski definition) is 2. The highest BCUT2D eigenvalue weighted by Gasteiger charge is 2.15. The van der Waals surface area contributed by atoms with Crippen molar-refractivity contribution in [1.29, 1.82) is 0 Å². The number of ether oxygens (including phenoxy) is 2. The summed E-state index contributed by atoms with van der Waals surface area (Å²) in [4.78, 5) is 6.36. The van der Waals surface area contributed by atoms with Crippen LogP contribution in [0.1, 0.15) is 17.2 Å². The SMILES string of the molecule is CN=C(NCc1ccc(OC)c(OC)c1)NCC(c1ccc(F)cc1)N(C)C.I. The van der Waals surface area contributed by atoms with Gasteiger partial charge >= 0.3 is 0 Å². The summed E-state index contributed by atoms with van der Waals surface area (Å²) in [7, 11) is 8.95. The van der Waals surface area contributed by atoms with E-state index in [1.54, 1.807) is 21.3 Å². The highest BCUT2D eigenvalue weighted by molar-refractivity contribution is 14.0. The number of halogens is 2. The molecule has 0 spiro atoms. The number of methoxy groups -OCH3 is 2. The highest BCUT2D eigenvalue weighted by Crippen LogP contribution is 2.27. The molecule has 0 amide bonds. The van der Waals surface area contributed by atoms with Gasteiger partial charge in [-0.1, -0.05) is 18.2 Å². The highest BCUT2D eigenvalue weighted by atomic mass is 127. The van der Waals surface area contributed by atoms with Gasteiger partial charge in [0, 0.05) is 20.1 Å². The van der Waals surface area contributed by atoms with Crippen LogP contribution in [0.3, 0.4) is 0 Å². The van der Waals surface area contributed by atoms with Crippen LogP contribution in [0.4, 0.5) is 4.39 Å². The summed E-state index contributed by atoms with van der Waals surface area (Å²) < 4.78 is 23.8. The summed E-state index contributed by atoms with van der Waals surface area (Å²) in [5, 5.41) is 6.63. The normalized spacial score (nSPS) is 12.2. The van der Waals surface area contributed by atoms with Crippen molar-refractivity contribution in [3.63, 3.8) is 0 Å². The summed E-state index contributed by atoms with van der Waals surface area (Å²) in [6.07, 6.45) is 0. The maximum Gasteiger partial charge on any atom is 0.191 e. The Bertz CT molecular complexity index is 785. The van der Waals surface area contributed by atoms with E-state index in [1.165, 1.54) is 12.1 Å². The van der Waals surface area contributed by atoms with Gasteiger partial charge in [-0.05, 0) is 49.5 Å². The van der Waals surface area contributed by atoms with E-state index in [-0.39, 0.29) is 35.8 Å². The van der Waals surface area contributed by atoms with Gasteiger partial charge in [-0.15, -0.1) is 24.0 Å². The second kappa shape index (κ2) is 12.5. The minimum absolute atomic E-state index is 0. The molecular formula is C21H30FIN4O2. The molecule has 0 saturated carbocycles. The van der Waals surface area contributed by atoms with Crippen molar-refractivity contribution in [2.75, 3.05) is 41.9 Å². The maximum atomic E-state index is 13.2. The zero-order valence-corrected chi connectivity index (χ0v) is 19.9. The van der Waals surface area contributed by atoms with Crippen molar-refractivity contribution in [1.82, 2.24) is 15.5 Å². The lowest BCUT2D eigenvalue weighted by Gasteiger charge is -2.26. The Labute approximate surface area is 189 Å². The van der Waals surface area contributed by atoms with Gasteiger partial charge in [0.2, 0.25) is 0 Å². The fourth-order valence-electron chi connectivity index (χ4n) is 2.87. The number of rotatable bonds is 8. The monoisotopic (exact) mass is 516 g/mol. The van der Waals surface area contributed by atoms with E-state index in [4.69, 9.17) is 9.47 Å². The van der Waals surface area contributed by atoms with Crippen LogP contribution in [0.25, 0.3) is 0 Å². The Balaban J connectivity index is 0.00000420. The van der Waals surface area contributed by atoms with Crippen molar-refractivity contribution < 1.29 is 13.9 Å².